The lowest BCUT2D eigenvalue weighted by atomic mass is 10.0. The van der Waals surface area contributed by atoms with Gasteiger partial charge in [0.15, 0.2) is 0 Å². The Morgan fingerprint density at radius 2 is 2.12 bits per heavy atom. The van der Waals surface area contributed by atoms with Crippen LogP contribution >= 0.6 is 0 Å². The van der Waals surface area contributed by atoms with Crippen LogP contribution in [0.2, 0.25) is 0 Å². The summed E-state index contributed by atoms with van der Waals surface area (Å²) in [5.74, 6) is 0.430. The van der Waals surface area contributed by atoms with Crippen LogP contribution in [0.1, 0.15) is 18.9 Å². The zero-order valence-corrected chi connectivity index (χ0v) is 10.5. The minimum atomic E-state index is 0.142. The first kappa shape index (κ1) is 12.1. The van der Waals surface area contributed by atoms with E-state index >= 15 is 0 Å². The third-order valence-corrected chi connectivity index (χ3v) is 3.61. The molecule has 3 heteroatoms. The first-order valence-corrected chi connectivity index (χ1v) is 6.22. The van der Waals surface area contributed by atoms with Gasteiger partial charge in [-0.15, -0.1) is 0 Å². The van der Waals surface area contributed by atoms with Gasteiger partial charge in [-0.2, -0.15) is 0 Å². The molecule has 1 aliphatic heterocycles. The van der Waals surface area contributed by atoms with Gasteiger partial charge in [0.05, 0.1) is 5.92 Å². The van der Waals surface area contributed by atoms with Gasteiger partial charge in [-0.05, 0) is 26.0 Å². The first-order chi connectivity index (χ1) is 8.22. The van der Waals surface area contributed by atoms with Crippen molar-refractivity contribution in [2.45, 2.75) is 25.9 Å². The Balaban J connectivity index is 1.99. The number of carbonyl (C=O) groups excluding carboxylic acids is 1. The van der Waals surface area contributed by atoms with E-state index in [0.717, 1.165) is 19.5 Å². The van der Waals surface area contributed by atoms with E-state index in [0.29, 0.717) is 0 Å². The third-order valence-electron chi connectivity index (χ3n) is 3.61. The van der Waals surface area contributed by atoms with Gasteiger partial charge in [0.2, 0.25) is 5.91 Å². The second-order valence-electron chi connectivity index (χ2n) is 4.72. The lowest BCUT2D eigenvalue weighted by Gasteiger charge is -2.19. The molecule has 1 aromatic rings. The topological polar surface area (TPSA) is 32.3 Å². The van der Waals surface area contributed by atoms with E-state index in [4.69, 9.17) is 0 Å². The van der Waals surface area contributed by atoms with Crippen LogP contribution in [0, 0.1) is 5.92 Å². The Morgan fingerprint density at radius 3 is 2.76 bits per heavy atom. The summed E-state index contributed by atoms with van der Waals surface area (Å²) in [6.45, 7) is 3.70. The van der Waals surface area contributed by atoms with Crippen molar-refractivity contribution >= 4 is 5.91 Å². The lowest BCUT2D eigenvalue weighted by molar-refractivity contribution is -0.132. The predicted molar refractivity (Wildman–Crippen MR) is 68.5 cm³/mol. The third kappa shape index (κ3) is 2.67. The Hall–Kier alpha value is -1.35. The summed E-state index contributed by atoms with van der Waals surface area (Å²) in [7, 11) is 1.91. The largest absolute Gasteiger partial charge is 0.338 e. The highest BCUT2D eigenvalue weighted by Crippen LogP contribution is 2.22. The highest BCUT2D eigenvalue weighted by molar-refractivity contribution is 5.81. The molecule has 1 N–H and O–H groups in total. The number of hydrogen-bond acceptors (Lipinski definition) is 2. The second kappa shape index (κ2) is 5.32. The molecule has 1 saturated heterocycles. The van der Waals surface area contributed by atoms with Crippen molar-refractivity contribution in [1.29, 1.82) is 0 Å². The fourth-order valence-corrected chi connectivity index (χ4v) is 2.39. The number of nitrogens with one attached hydrogen (secondary N) is 1. The Labute approximate surface area is 103 Å². The molecule has 2 rings (SSSR count). The molecule has 0 aliphatic carbocycles. The smallest absolute Gasteiger partial charge is 0.227 e. The molecule has 1 amide bonds. The number of nitrogens with zero attached hydrogens (tertiary/aromatic N) is 1. The molecule has 3 nitrogen and oxygen atoms in total. The van der Waals surface area contributed by atoms with Gasteiger partial charge < -0.3 is 10.2 Å². The minimum absolute atomic E-state index is 0.142. The fraction of sp³-hybridized carbons (Fsp3) is 0.500. The minimum Gasteiger partial charge on any atom is -0.338 e. The molecule has 1 fully saturated rings. The van der Waals surface area contributed by atoms with Crippen molar-refractivity contribution in [3.63, 3.8) is 0 Å². The van der Waals surface area contributed by atoms with Crippen LogP contribution in [-0.2, 0) is 11.3 Å². The average Bonchev–Trinajstić information content (AvgIpc) is 2.72. The molecular formula is C14H20N2O. The number of hydrogen-bond donors (Lipinski definition) is 1. The number of likely N-dealkylation sites (tertiary alicyclic amines) is 1. The molecule has 2 unspecified atom stereocenters. The van der Waals surface area contributed by atoms with Gasteiger partial charge in [-0.25, -0.2) is 0 Å². The van der Waals surface area contributed by atoms with E-state index in [1.165, 1.54) is 5.56 Å². The van der Waals surface area contributed by atoms with Crippen molar-refractivity contribution in [3.8, 4) is 0 Å². The zero-order chi connectivity index (χ0) is 12.3. The van der Waals surface area contributed by atoms with Gasteiger partial charge in [0.1, 0.15) is 0 Å². The normalized spacial score (nSPS) is 21.9. The summed E-state index contributed by atoms with van der Waals surface area (Å²) in [6.07, 6.45) is 0.966. The van der Waals surface area contributed by atoms with Crippen LogP contribution in [-0.4, -0.2) is 30.4 Å². The molecule has 1 aromatic carbocycles. The first-order valence-electron chi connectivity index (χ1n) is 6.22. The maximum absolute atomic E-state index is 12.2. The van der Waals surface area contributed by atoms with E-state index in [1.54, 1.807) is 0 Å². The second-order valence-corrected chi connectivity index (χ2v) is 4.72. The highest BCUT2D eigenvalue weighted by atomic mass is 16.2. The summed E-state index contributed by atoms with van der Waals surface area (Å²) in [6, 6.07) is 10.4. The van der Waals surface area contributed by atoms with Gasteiger partial charge in [0.25, 0.3) is 0 Å². The highest BCUT2D eigenvalue weighted by Gasteiger charge is 2.34. The quantitative estimate of drug-likeness (QED) is 0.856. The lowest BCUT2D eigenvalue weighted by Crippen LogP contribution is -2.36. The van der Waals surface area contributed by atoms with E-state index < -0.39 is 0 Å². The van der Waals surface area contributed by atoms with Gasteiger partial charge in [-0.1, -0.05) is 30.3 Å². The molecule has 1 heterocycles. The van der Waals surface area contributed by atoms with Crippen LogP contribution in [0.15, 0.2) is 30.3 Å². The maximum atomic E-state index is 12.2. The molecule has 0 aromatic heterocycles. The number of benzene rings is 1. The molecule has 17 heavy (non-hydrogen) atoms. The average molecular weight is 232 g/mol. The predicted octanol–water partition coefficient (Wildman–Crippen LogP) is 1.64. The summed E-state index contributed by atoms with van der Waals surface area (Å²) in [5, 5.41) is 3.17. The van der Waals surface area contributed by atoms with E-state index in [2.05, 4.69) is 24.4 Å². The van der Waals surface area contributed by atoms with Crippen molar-refractivity contribution in [2.75, 3.05) is 13.6 Å². The maximum Gasteiger partial charge on any atom is 0.227 e. The monoisotopic (exact) mass is 232 g/mol. The molecule has 92 valence electrons. The summed E-state index contributed by atoms with van der Waals surface area (Å²) < 4.78 is 0. The molecule has 0 radical (unpaired) electrons. The molecule has 2 atom stereocenters. The van der Waals surface area contributed by atoms with Crippen LogP contribution in [0.3, 0.4) is 0 Å². The van der Waals surface area contributed by atoms with Crippen molar-refractivity contribution in [3.05, 3.63) is 35.9 Å². The van der Waals surface area contributed by atoms with Crippen molar-refractivity contribution in [1.82, 2.24) is 10.2 Å². The van der Waals surface area contributed by atoms with E-state index in [1.807, 2.05) is 30.1 Å². The van der Waals surface area contributed by atoms with Crippen LogP contribution in [0.25, 0.3) is 0 Å². The summed E-state index contributed by atoms with van der Waals surface area (Å²) >= 11 is 0. The van der Waals surface area contributed by atoms with Gasteiger partial charge in [-0.3, -0.25) is 4.79 Å². The van der Waals surface area contributed by atoms with Gasteiger partial charge in [0, 0.05) is 19.1 Å². The van der Waals surface area contributed by atoms with Crippen LogP contribution < -0.4 is 5.32 Å². The van der Waals surface area contributed by atoms with Crippen molar-refractivity contribution in [2.24, 2.45) is 5.92 Å². The molecule has 0 spiro atoms. The molecule has 1 aliphatic rings. The van der Waals surface area contributed by atoms with E-state index in [9.17, 15) is 4.79 Å². The Kier molecular flexibility index (Phi) is 3.79. The fourth-order valence-electron chi connectivity index (χ4n) is 2.39. The number of rotatable bonds is 4. The summed E-state index contributed by atoms with van der Waals surface area (Å²) in [5.41, 5.74) is 1.21. The molecular weight excluding hydrogens is 212 g/mol. The number of amides is 1. The number of carbonyl (C=O) groups is 1. The van der Waals surface area contributed by atoms with E-state index in [-0.39, 0.29) is 17.9 Å². The van der Waals surface area contributed by atoms with Crippen LogP contribution in [0.4, 0.5) is 0 Å². The summed E-state index contributed by atoms with van der Waals surface area (Å²) in [4.78, 5) is 14.2. The SMILES string of the molecule is CNC(C)C1CCN(Cc2ccccc2)C1=O. The Morgan fingerprint density at radius 1 is 1.41 bits per heavy atom. The standard InChI is InChI=1S/C14H20N2O/c1-11(15-2)13-8-9-16(14(13)17)10-12-6-4-3-5-7-12/h3-7,11,13,15H,8-10H2,1-2H3. The van der Waals surface area contributed by atoms with Crippen LogP contribution in [0.5, 0.6) is 0 Å². The zero-order valence-electron chi connectivity index (χ0n) is 10.5. The molecule has 0 bridgehead atoms. The molecule has 0 saturated carbocycles. The Bertz CT molecular complexity index is 377. The van der Waals surface area contributed by atoms with Crippen molar-refractivity contribution < 1.29 is 4.79 Å². The van der Waals surface area contributed by atoms with Gasteiger partial charge >= 0.3 is 0 Å².